The normalized spacial score (nSPS) is 11.8. The van der Waals surface area contributed by atoms with Crippen molar-refractivity contribution in [2.45, 2.75) is 26.2 Å². The Kier molecular flexibility index (Phi) is 2.61. The maximum absolute atomic E-state index is 5.83. The van der Waals surface area contributed by atoms with Crippen LogP contribution in [-0.4, -0.2) is 19.5 Å². The molecule has 0 aliphatic rings. The molecule has 0 bridgehead atoms. The van der Waals surface area contributed by atoms with Crippen LogP contribution >= 0.6 is 0 Å². The highest BCUT2D eigenvalue weighted by atomic mass is 15.1. The van der Waals surface area contributed by atoms with Crippen molar-refractivity contribution in [2.75, 3.05) is 5.73 Å². The topological polar surface area (TPSA) is 69.6 Å². The van der Waals surface area contributed by atoms with Crippen LogP contribution in [0.5, 0.6) is 0 Å². The van der Waals surface area contributed by atoms with Gasteiger partial charge >= 0.3 is 0 Å². The zero-order valence-electron chi connectivity index (χ0n) is 10.6. The van der Waals surface area contributed by atoms with Gasteiger partial charge in [-0.15, -0.1) is 0 Å². The highest BCUT2D eigenvalue weighted by Gasteiger charge is 2.18. The minimum atomic E-state index is -0.0512. The second kappa shape index (κ2) is 3.84. The van der Waals surface area contributed by atoms with Crippen LogP contribution in [0.3, 0.4) is 0 Å². The van der Waals surface area contributed by atoms with Crippen LogP contribution in [0.25, 0.3) is 11.5 Å². The molecule has 0 saturated carbocycles. The van der Waals surface area contributed by atoms with Gasteiger partial charge in [0.25, 0.3) is 0 Å². The summed E-state index contributed by atoms with van der Waals surface area (Å²) in [6.45, 7) is 6.30. The van der Waals surface area contributed by atoms with Gasteiger partial charge in [0.2, 0.25) is 0 Å². The van der Waals surface area contributed by atoms with Crippen molar-refractivity contribution < 1.29 is 0 Å². The SMILES string of the molecule is Cn1cncc1-c1nc(N)cc(C(C)(C)C)n1. The molecule has 5 heteroatoms. The molecule has 90 valence electrons. The first-order valence-electron chi connectivity index (χ1n) is 5.49. The Bertz CT molecular complexity index is 536. The van der Waals surface area contributed by atoms with Gasteiger partial charge < -0.3 is 10.3 Å². The third-order valence-corrected chi connectivity index (χ3v) is 2.56. The number of imidazole rings is 1. The van der Waals surface area contributed by atoms with E-state index in [4.69, 9.17) is 5.73 Å². The molecule has 2 rings (SSSR count). The summed E-state index contributed by atoms with van der Waals surface area (Å²) in [7, 11) is 1.91. The molecule has 0 atom stereocenters. The number of anilines is 1. The van der Waals surface area contributed by atoms with Crippen LogP contribution in [0.1, 0.15) is 26.5 Å². The van der Waals surface area contributed by atoms with Crippen LogP contribution in [0, 0.1) is 0 Å². The predicted molar refractivity (Wildman–Crippen MR) is 67.3 cm³/mol. The van der Waals surface area contributed by atoms with Gasteiger partial charge in [-0.25, -0.2) is 15.0 Å². The average Bonchev–Trinajstić information content (AvgIpc) is 2.62. The van der Waals surface area contributed by atoms with Gasteiger partial charge in [0, 0.05) is 18.5 Å². The molecule has 5 nitrogen and oxygen atoms in total. The van der Waals surface area contributed by atoms with Crippen molar-refractivity contribution in [1.82, 2.24) is 19.5 Å². The average molecular weight is 231 g/mol. The number of hydrogen-bond donors (Lipinski definition) is 1. The van der Waals surface area contributed by atoms with Crippen molar-refractivity contribution in [1.29, 1.82) is 0 Å². The Labute approximate surface area is 101 Å². The highest BCUT2D eigenvalue weighted by molar-refractivity contribution is 5.52. The van der Waals surface area contributed by atoms with Crippen molar-refractivity contribution in [3.63, 3.8) is 0 Å². The Morgan fingerprint density at radius 1 is 1.24 bits per heavy atom. The first-order valence-corrected chi connectivity index (χ1v) is 5.49. The number of aryl methyl sites for hydroxylation is 1. The van der Waals surface area contributed by atoms with E-state index < -0.39 is 0 Å². The summed E-state index contributed by atoms with van der Waals surface area (Å²) in [5, 5.41) is 0. The van der Waals surface area contributed by atoms with E-state index in [0.29, 0.717) is 11.6 Å². The van der Waals surface area contributed by atoms with Crippen LogP contribution in [0.15, 0.2) is 18.6 Å². The van der Waals surface area contributed by atoms with Gasteiger partial charge in [0.1, 0.15) is 11.5 Å². The molecule has 17 heavy (non-hydrogen) atoms. The van der Waals surface area contributed by atoms with Gasteiger partial charge in [-0.3, -0.25) is 0 Å². The summed E-state index contributed by atoms with van der Waals surface area (Å²) >= 11 is 0. The first kappa shape index (κ1) is 11.6. The smallest absolute Gasteiger partial charge is 0.180 e. The minimum Gasteiger partial charge on any atom is -0.384 e. The van der Waals surface area contributed by atoms with E-state index >= 15 is 0 Å². The molecule has 0 amide bonds. The second-order valence-electron chi connectivity index (χ2n) is 5.14. The van der Waals surface area contributed by atoms with Crippen molar-refractivity contribution in [2.24, 2.45) is 7.05 Å². The molecule has 0 aliphatic heterocycles. The van der Waals surface area contributed by atoms with E-state index in [-0.39, 0.29) is 5.41 Å². The molecule has 2 aromatic heterocycles. The predicted octanol–water partition coefficient (Wildman–Crippen LogP) is 1.76. The van der Waals surface area contributed by atoms with E-state index in [0.717, 1.165) is 11.4 Å². The zero-order valence-corrected chi connectivity index (χ0v) is 10.6. The Morgan fingerprint density at radius 2 is 1.94 bits per heavy atom. The monoisotopic (exact) mass is 231 g/mol. The lowest BCUT2D eigenvalue weighted by atomic mass is 9.92. The molecule has 0 aromatic carbocycles. The van der Waals surface area contributed by atoms with Gasteiger partial charge in [0.05, 0.1) is 18.2 Å². The second-order valence-corrected chi connectivity index (χ2v) is 5.14. The maximum Gasteiger partial charge on any atom is 0.180 e. The maximum atomic E-state index is 5.83. The standard InChI is InChI=1S/C12H17N5/c1-12(2,3)9-5-10(13)16-11(15-9)8-6-14-7-17(8)4/h5-7H,1-4H3,(H2,13,15,16). The van der Waals surface area contributed by atoms with Crippen LogP contribution in [0.4, 0.5) is 5.82 Å². The quantitative estimate of drug-likeness (QED) is 0.811. The van der Waals surface area contributed by atoms with Crippen molar-refractivity contribution >= 4 is 5.82 Å². The molecular weight excluding hydrogens is 214 g/mol. The summed E-state index contributed by atoms with van der Waals surface area (Å²) in [6, 6.07) is 1.82. The van der Waals surface area contributed by atoms with Gasteiger partial charge in [0.15, 0.2) is 5.82 Å². The summed E-state index contributed by atoms with van der Waals surface area (Å²) in [6.07, 6.45) is 3.46. The van der Waals surface area contributed by atoms with E-state index in [1.165, 1.54) is 0 Å². The first-order chi connectivity index (χ1) is 7.88. The summed E-state index contributed by atoms with van der Waals surface area (Å²) < 4.78 is 1.88. The molecule has 0 fully saturated rings. The molecule has 0 spiro atoms. The van der Waals surface area contributed by atoms with E-state index in [9.17, 15) is 0 Å². The fourth-order valence-electron chi connectivity index (χ4n) is 1.54. The molecule has 2 heterocycles. The molecule has 0 saturated heterocycles. The number of rotatable bonds is 1. The van der Waals surface area contributed by atoms with E-state index in [2.05, 4.69) is 35.7 Å². The summed E-state index contributed by atoms with van der Waals surface area (Å²) in [4.78, 5) is 12.9. The number of nitrogens with two attached hydrogens (primary N) is 1. The van der Waals surface area contributed by atoms with Gasteiger partial charge in [-0.2, -0.15) is 0 Å². The number of hydrogen-bond acceptors (Lipinski definition) is 4. The molecule has 0 aliphatic carbocycles. The van der Waals surface area contributed by atoms with Crippen LogP contribution in [-0.2, 0) is 12.5 Å². The molecule has 2 N–H and O–H groups in total. The van der Waals surface area contributed by atoms with Crippen molar-refractivity contribution in [3.8, 4) is 11.5 Å². The van der Waals surface area contributed by atoms with Gasteiger partial charge in [-0.05, 0) is 0 Å². The molecule has 2 aromatic rings. The fraction of sp³-hybridized carbons (Fsp3) is 0.417. The van der Waals surface area contributed by atoms with Gasteiger partial charge in [-0.1, -0.05) is 20.8 Å². The van der Waals surface area contributed by atoms with E-state index in [1.54, 1.807) is 12.5 Å². The Balaban J connectivity index is 2.57. The van der Waals surface area contributed by atoms with Crippen LogP contribution < -0.4 is 5.73 Å². The largest absolute Gasteiger partial charge is 0.384 e. The lowest BCUT2D eigenvalue weighted by molar-refractivity contribution is 0.568. The molecular formula is C12H17N5. The molecule has 0 radical (unpaired) electrons. The van der Waals surface area contributed by atoms with E-state index in [1.807, 2.05) is 17.7 Å². The number of nitrogen functional groups attached to an aromatic ring is 1. The third kappa shape index (κ3) is 2.27. The molecule has 0 unspecified atom stereocenters. The Hall–Kier alpha value is -1.91. The summed E-state index contributed by atoms with van der Waals surface area (Å²) in [5.74, 6) is 1.11. The third-order valence-electron chi connectivity index (χ3n) is 2.56. The minimum absolute atomic E-state index is 0.0512. The fourth-order valence-corrected chi connectivity index (χ4v) is 1.54. The Morgan fingerprint density at radius 3 is 2.47 bits per heavy atom. The summed E-state index contributed by atoms with van der Waals surface area (Å²) in [5.41, 5.74) is 7.58. The zero-order chi connectivity index (χ0) is 12.6. The van der Waals surface area contributed by atoms with Crippen molar-refractivity contribution in [3.05, 3.63) is 24.3 Å². The lowest BCUT2D eigenvalue weighted by Gasteiger charge is -2.18. The highest BCUT2D eigenvalue weighted by Crippen LogP contribution is 2.24. The number of aromatic nitrogens is 4. The number of nitrogens with zero attached hydrogens (tertiary/aromatic N) is 4. The van der Waals surface area contributed by atoms with Crippen LogP contribution in [0.2, 0.25) is 0 Å². The lowest BCUT2D eigenvalue weighted by Crippen LogP contribution is -2.15.